The highest BCUT2D eigenvalue weighted by Crippen LogP contribution is 2.18. The Kier molecular flexibility index (Phi) is 7.71. The van der Waals surface area contributed by atoms with Gasteiger partial charge in [0.05, 0.1) is 0 Å². The van der Waals surface area contributed by atoms with Crippen LogP contribution >= 0.6 is 0 Å². The van der Waals surface area contributed by atoms with Gasteiger partial charge in [0.25, 0.3) is 0 Å². The molecule has 0 atom stereocenters. The summed E-state index contributed by atoms with van der Waals surface area (Å²) >= 11 is 0. The zero-order valence-electron chi connectivity index (χ0n) is 17.0. The van der Waals surface area contributed by atoms with Crippen LogP contribution in [0.3, 0.4) is 0 Å². The largest absolute Gasteiger partial charge is 0.355 e. The van der Waals surface area contributed by atoms with E-state index in [-0.39, 0.29) is 0 Å². The van der Waals surface area contributed by atoms with Crippen molar-refractivity contribution < 1.29 is 0 Å². The molecule has 0 spiro atoms. The maximum atomic E-state index is 4.65. The van der Waals surface area contributed by atoms with E-state index in [1.807, 2.05) is 19.3 Å². The normalized spacial score (nSPS) is 19.9. The molecule has 3 heterocycles. The summed E-state index contributed by atoms with van der Waals surface area (Å²) in [5.41, 5.74) is 1.22. The number of nitrogens with zero attached hydrogens (tertiary/aromatic N) is 5. The van der Waals surface area contributed by atoms with Gasteiger partial charge in [-0.05, 0) is 39.0 Å². The van der Waals surface area contributed by atoms with Crippen molar-refractivity contribution >= 4 is 11.8 Å². The fourth-order valence-corrected chi connectivity index (χ4v) is 3.79. The number of piperazine rings is 1. The molecular weight excluding hydrogens is 338 g/mol. The van der Waals surface area contributed by atoms with Crippen LogP contribution in [0.15, 0.2) is 23.3 Å². The van der Waals surface area contributed by atoms with Crippen LogP contribution in [0.2, 0.25) is 0 Å². The smallest absolute Gasteiger partial charge is 0.191 e. The highest BCUT2D eigenvalue weighted by molar-refractivity contribution is 5.79. The number of anilines is 1. The second-order valence-corrected chi connectivity index (χ2v) is 7.53. The van der Waals surface area contributed by atoms with Gasteiger partial charge in [0, 0.05) is 64.6 Å². The van der Waals surface area contributed by atoms with Gasteiger partial charge in [-0.15, -0.1) is 0 Å². The van der Waals surface area contributed by atoms with E-state index in [4.69, 9.17) is 0 Å². The molecule has 2 fully saturated rings. The van der Waals surface area contributed by atoms with Gasteiger partial charge in [-0.25, -0.2) is 4.98 Å². The van der Waals surface area contributed by atoms with Gasteiger partial charge in [0.2, 0.25) is 0 Å². The fourth-order valence-electron chi connectivity index (χ4n) is 3.79. The molecule has 0 amide bonds. The molecule has 3 rings (SSSR count). The van der Waals surface area contributed by atoms with Crippen LogP contribution in [0.4, 0.5) is 5.82 Å². The number of pyridine rings is 1. The standard InChI is InChI=1S/C20H35N7/c1-21-20(23-9-12-26-10-4-3-5-11-26)24-17-18-7-6-8-22-19(18)27-15-13-25(2)14-16-27/h6-8H,3-5,9-17H2,1-2H3,(H2,21,23,24). The average Bonchev–Trinajstić information content (AvgIpc) is 2.72. The molecule has 1 aromatic heterocycles. The van der Waals surface area contributed by atoms with Crippen molar-refractivity contribution in [1.29, 1.82) is 0 Å². The van der Waals surface area contributed by atoms with Crippen molar-refractivity contribution in [3.05, 3.63) is 23.9 Å². The molecule has 0 radical (unpaired) electrons. The second kappa shape index (κ2) is 10.5. The van der Waals surface area contributed by atoms with E-state index in [0.717, 1.165) is 57.6 Å². The van der Waals surface area contributed by atoms with Crippen LogP contribution in [0.1, 0.15) is 24.8 Å². The Morgan fingerprint density at radius 2 is 1.85 bits per heavy atom. The van der Waals surface area contributed by atoms with Gasteiger partial charge in [-0.1, -0.05) is 12.5 Å². The highest BCUT2D eigenvalue weighted by Gasteiger charge is 2.18. The van der Waals surface area contributed by atoms with E-state index < -0.39 is 0 Å². The number of likely N-dealkylation sites (tertiary alicyclic amines) is 1. The number of likely N-dealkylation sites (N-methyl/N-ethyl adjacent to an activating group) is 1. The Labute approximate surface area is 163 Å². The van der Waals surface area contributed by atoms with Gasteiger partial charge < -0.3 is 25.3 Å². The molecular formula is C20H35N7. The third-order valence-electron chi connectivity index (χ3n) is 5.51. The lowest BCUT2D eigenvalue weighted by Gasteiger charge is -2.34. The quantitative estimate of drug-likeness (QED) is 0.573. The molecule has 7 nitrogen and oxygen atoms in total. The Hall–Kier alpha value is -1.86. The number of hydrogen-bond donors (Lipinski definition) is 2. The van der Waals surface area contributed by atoms with Crippen molar-refractivity contribution in [3.63, 3.8) is 0 Å². The summed E-state index contributed by atoms with van der Waals surface area (Å²) in [7, 11) is 4.01. The maximum Gasteiger partial charge on any atom is 0.191 e. The minimum absolute atomic E-state index is 0.735. The van der Waals surface area contributed by atoms with Crippen molar-refractivity contribution in [2.45, 2.75) is 25.8 Å². The van der Waals surface area contributed by atoms with Crippen molar-refractivity contribution in [2.24, 2.45) is 4.99 Å². The number of aliphatic imine (C=N–C) groups is 1. The van der Waals surface area contributed by atoms with Crippen LogP contribution < -0.4 is 15.5 Å². The van der Waals surface area contributed by atoms with Crippen molar-refractivity contribution in [3.8, 4) is 0 Å². The molecule has 2 N–H and O–H groups in total. The Balaban J connectivity index is 1.48. The summed E-state index contributed by atoms with van der Waals surface area (Å²) in [5.74, 6) is 1.96. The molecule has 150 valence electrons. The Morgan fingerprint density at radius 3 is 2.59 bits per heavy atom. The van der Waals surface area contributed by atoms with Crippen molar-refractivity contribution in [1.82, 2.24) is 25.4 Å². The lowest BCUT2D eigenvalue weighted by Crippen LogP contribution is -2.45. The first-order valence-corrected chi connectivity index (χ1v) is 10.3. The summed E-state index contributed by atoms with van der Waals surface area (Å²) in [4.78, 5) is 16.3. The molecule has 2 aliphatic rings. The molecule has 7 heteroatoms. The Morgan fingerprint density at radius 1 is 1.07 bits per heavy atom. The van der Waals surface area contributed by atoms with Gasteiger partial charge >= 0.3 is 0 Å². The number of aromatic nitrogens is 1. The minimum Gasteiger partial charge on any atom is -0.355 e. The van der Waals surface area contributed by atoms with Crippen LogP contribution in [0, 0.1) is 0 Å². The lowest BCUT2D eigenvalue weighted by molar-refractivity contribution is 0.232. The van der Waals surface area contributed by atoms with E-state index >= 15 is 0 Å². The van der Waals surface area contributed by atoms with E-state index in [1.165, 1.54) is 37.9 Å². The summed E-state index contributed by atoms with van der Waals surface area (Å²) < 4.78 is 0. The molecule has 0 unspecified atom stereocenters. The third-order valence-corrected chi connectivity index (χ3v) is 5.51. The van der Waals surface area contributed by atoms with Gasteiger partial charge in [-0.2, -0.15) is 0 Å². The molecule has 2 aliphatic heterocycles. The number of piperidine rings is 1. The SMILES string of the molecule is CN=C(NCCN1CCCCC1)NCc1cccnc1N1CCN(C)CC1. The predicted octanol–water partition coefficient (Wildman–Crippen LogP) is 0.984. The Bertz CT molecular complexity index is 590. The van der Waals surface area contributed by atoms with E-state index in [2.05, 4.69) is 48.4 Å². The van der Waals surface area contributed by atoms with Crippen LogP contribution in [-0.4, -0.2) is 87.2 Å². The summed E-state index contributed by atoms with van der Waals surface area (Å²) in [6, 6.07) is 4.18. The van der Waals surface area contributed by atoms with E-state index in [1.54, 1.807) is 0 Å². The summed E-state index contributed by atoms with van der Waals surface area (Å²) in [6.45, 7) is 9.45. The monoisotopic (exact) mass is 373 g/mol. The van der Waals surface area contributed by atoms with E-state index in [9.17, 15) is 0 Å². The highest BCUT2D eigenvalue weighted by atomic mass is 15.3. The maximum absolute atomic E-state index is 4.65. The number of hydrogen-bond acceptors (Lipinski definition) is 5. The molecule has 27 heavy (non-hydrogen) atoms. The molecule has 0 saturated carbocycles. The third kappa shape index (κ3) is 6.07. The molecule has 0 aliphatic carbocycles. The average molecular weight is 374 g/mol. The molecule has 2 saturated heterocycles. The summed E-state index contributed by atoms with van der Waals surface area (Å²) in [6.07, 6.45) is 5.95. The summed E-state index contributed by atoms with van der Waals surface area (Å²) in [5, 5.41) is 6.90. The second-order valence-electron chi connectivity index (χ2n) is 7.53. The number of guanidine groups is 1. The van der Waals surface area contributed by atoms with Crippen LogP contribution in [-0.2, 0) is 6.54 Å². The molecule has 0 bridgehead atoms. The van der Waals surface area contributed by atoms with Crippen LogP contribution in [0.5, 0.6) is 0 Å². The predicted molar refractivity (Wildman–Crippen MR) is 112 cm³/mol. The zero-order chi connectivity index (χ0) is 18.9. The van der Waals surface area contributed by atoms with Gasteiger partial charge in [0.1, 0.15) is 5.82 Å². The topological polar surface area (TPSA) is 59.0 Å². The lowest BCUT2D eigenvalue weighted by atomic mass is 10.1. The number of nitrogens with one attached hydrogen (secondary N) is 2. The van der Waals surface area contributed by atoms with E-state index in [0.29, 0.717) is 0 Å². The molecule has 0 aromatic carbocycles. The zero-order valence-corrected chi connectivity index (χ0v) is 17.0. The van der Waals surface area contributed by atoms with Crippen LogP contribution in [0.25, 0.3) is 0 Å². The fraction of sp³-hybridized carbons (Fsp3) is 0.700. The minimum atomic E-state index is 0.735. The first-order valence-electron chi connectivity index (χ1n) is 10.3. The van der Waals surface area contributed by atoms with Gasteiger partial charge in [-0.3, -0.25) is 4.99 Å². The first kappa shape index (κ1) is 19.9. The number of rotatable bonds is 6. The first-order chi connectivity index (χ1) is 13.3. The molecule has 1 aromatic rings. The van der Waals surface area contributed by atoms with Gasteiger partial charge in [0.15, 0.2) is 5.96 Å². The van der Waals surface area contributed by atoms with Crippen molar-refractivity contribution in [2.75, 3.05) is 71.4 Å².